The minimum atomic E-state index is -5.21. The van der Waals surface area contributed by atoms with E-state index < -0.39 is 46.6 Å². The van der Waals surface area contributed by atoms with Crippen molar-refractivity contribution in [2.45, 2.75) is 22.3 Å². The van der Waals surface area contributed by atoms with Gasteiger partial charge in [0, 0.05) is 7.05 Å². The van der Waals surface area contributed by atoms with Crippen molar-refractivity contribution in [3.05, 3.63) is 24.3 Å². The van der Waals surface area contributed by atoms with E-state index in [0.717, 1.165) is 18.2 Å². The summed E-state index contributed by atoms with van der Waals surface area (Å²) in [6, 6.07) is -1.44. The van der Waals surface area contributed by atoms with Crippen molar-refractivity contribution in [3.8, 4) is 0 Å². The zero-order valence-electron chi connectivity index (χ0n) is 10.4. The number of nitrogens with two attached hydrogens (primary N) is 1. The first-order valence-electron chi connectivity index (χ1n) is 5.09. The lowest BCUT2D eigenvalue weighted by Gasteiger charge is -2.26. The van der Waals surface area contributed by atoms with E-state index in [0.29, 0.717) is 6.07 Å². The van der Waals surface area contributed by atoms with Crippen LogP contribution in [0.2, 0.25) is 0 Å². The molecule has 0 aliphatic rings. The molecule has 1 aromatic rings. The molecule has 120 valence electrons. The molecule has 0 saturated carbocycles. The molecule has 0 saturated heterocycles. The molecule has 0 aliphatic heterocycles. The topological polar surface area (TPSA) is 97.5 Å². The third kappa shape index (κ3) is 3.33. The highest BCUT2D eigenvalue weighted by atomic mass is 32.2. The van der Waals surface area contributed by atoms with Crippen LogP contribution < -0.4 is 5.14 Å². The van der Waals surface area contributed by atoms with Gasteiger partial charge in [0.05, 0.1) is 0 Å². The first-order chi connectivity index (χ1) is 9.33. The van der Waals surface area contributed by atoms with Crippen molar-refractivity contribution >= 4 is 20.0 Å². The number of primary sulfonamides is 1. The number of rotatable bonds is 5. The first-order valence-corrected chi connectivity index (χ1v) is 8.08. The third-order valence-corrected chi connectivity index (χ3v) is 5.45. The lowest BCUT2D eigenvalue weighted by molar-refractivity contribution is -0.189. The molecule has 0 heterocycles. The van der Waals surface area contributed by atoms with Crippen LogP contribution in [0.5, 0.6) is 0 Å². The fourth-order valence-electron chi connectivity index (χ4n) is 1.34. The molecule has 1 rings (SSSR count). The molecule has 0 radical (unpaired) electrons. The van der Waals surface area contributed by atoms with Gasteiger partial charge in [-0.25, -0.2) is 30.8 Å². The Kier molecular flexibility index (Phi) is 4.68. The summed E-state index contributed by atoms with van der Waals surface area (Å²) in [6.07, 6.45) is -4.29. The van der Waals surface area contributed by atoms with Gasteiger partial charge in [-0.2, -0.15) is 8.78 Å². The number of alkyl halides is 4. The molecule has 21 heavy (non-hydrogen) atoms. The van der Waals surface area contributed by atoms with Crippen molar-refractivity contribution < 1.29 is 34.4 Å². The number of benzene rings is 1. The molecule has 6 nitrogen and oxygen atoms in total. The van der Waals surface area contributed by atoms with E-state index in [1.165, 1.54) is 0 Å². The Morgan fingerprint density at radius 3 is 1.90 bits per heavy atom. The zero-order chi connectivity index (χ0) is 16.6. The fourth-order valence-corrected chi connectivity index (χ4v) is 3.89. The maximum atomic E-state index is 13.2. The van der Waals surface area contributed by atoms with Crippen molar-refractivity contribution in [2.75, 3.05) is 7.05 Å². The van der Waals surface area contributed by atoms with E-state index in [2.05, 4.69) is 0 Å². The second-order valence-electron chi connectivity index (χ2n) is 3.85. The smallest absolute Gasteiger partial charge is 0.225 e. The maximum Gasteiger partial charge on any atom is 0.377 e. The van der Waals surface area contributed by atoms with Crippen molar-refractivity contribution in [3.63, 3.8) is 0 Å². The van der Waals surface area contributed by atoms with Crippen molar-refractivity contribution in [1.82, 2.24) is 4.31 Å². The standard InChI is InChI=1S/C9H10F4N2O4S2/c1-15(9(12,13)8(10)11)21(18,19)7-5-3-2-4-6(7)20(14,16)17/h2-5,8H,1H3,(H2,14,16,17). The first kappa shape index (κ1) is 17.8. The molecule has 0 atom stereocenters. The molecule has 1 aromatic carbocycles. The molecule has 0 fully saturated rings. The van der Waals surface area contributed by atoms with Crippen LogP contribution in [0, 0.1) is 0 Å². The van der Waals surface area contributed by atoms with Crippen LogP contribution in [-0.4, -0.2) is 40.7 Å². The molecule has 0 aromatic heterocycles. The molecule has 0 aliphatic carbocycles. The lowest BCUT2D eigenvalue weighted by atomic mass is 10.4. The Morgan fingerprint density at radius 1 is 1.10 bits per heavy atom. The Hall–Kier alpha value is -1.24. The number of hydrogen-bond donors (Lipinski definition) is 1. The minimum Gasteiger partial charge on any atom is -0.225 e. The summed E-state index contributed by atoms with van der Waals surface area (Å²) in [7, 11) is -9.56. The van der Waals surface area contributed by atoms with Gasteiger partial charge in [-0.05, 0) is 12.1 Å². The SMILES string of the molecule is CN(C(F)(F)C(F)F)S(=O)(=O)c1ccccc1S(N)(=O)=O. The molecule has 12 heteroatoms. The predicted octanol–water partition coefficient (Wildman–Crippen LogP) is 0.812. The summed E-state index contributed by atoms with van der Waals surface area (Å²) in [4.78, 5) is -2.09. The number of sulfonamides is 2. The maximum absolute atomic E-state index is 13.2. The summed E-state index contributed by atoms with van der Waals surface area (Å²) in [6.45, 7) is 0. The van der Waals surface area contributed by atoms with E-state index >= 15 is 0 Å². The van der Waals surface area contributed by atoms with Crippen LogP contribution in [-0.2, 0) is 20.0 Å². The Labute approximate surface area is 118 Å². The highest BCUT2D eigenvalue weighted by Crippen LogP contribution is 2.33. The second-order valence-corrected chi connectivity index (χ2v) is 7.32. The molecule has 2 N–H and O–H groups in total. The fraction of sp³-hybridized carbons (Fsp3) is 0.333. The van der Waals surface area contributed by atoms with Gasteiger partial charge in [-0.15, -0.1) is 4.31 Å². The zero-order valence-corrected chi connectivity index (χ0v) is 12.0. The lowest BCUT2D eigenvalue weighted by Crippen LogP contribution is -2.48. The van der Waals surface area contributed by atoms with Crippen LogP contribution in [0.1, 0.15) is 0 Å². The second kappa shape index (κ2) is 5.51. The van der Waals surface area contributed by atoms with Crippen LogP contribution in [0.3, 0.4) is 0 Å². The van der Waals surface area contributed by atoms with Gasteiger partial charge < -0.3 is 0 Å². The van der Waals surface area contributed by atoms with Crippen LogP contribution in [0.4, 0.5) is 17.6 Å². The van der Waals surface area contributed by atoms with Gasteiger partial charge in [-0.3, -0.25) is 0 Å². The molecular weight excluding hydrogens is 340 g/mol. The number of hydrogen-bond acceptors (Lipinski definition) is 4. The summed E-state index contributed by atoms with van der Waals surface area (Å²) in [5, 5.41) is 4.78. The van der Waals surface area contributed by atoms with Gasteiger partial charge in [0.1, 0.15) is 9.79 Å². The highest BCUT2D eigenvalue weighted by molar-refractivity contribution is 7.92. The summed E-state index contributed by atoms with van der Waals surface area (Å²) in [5.41, 5.74) is 0. The third-order valence-electron chi connectivity index (χ3n) is 2.48. The largest absolute Gasteiger partial charge is 0.377 e. The average Bonchev–Trinajstić information content (AvgIpc) is 2.36. The number of nitrogens with zero attached hydrogens (tertiary/aromatic N) is 1. The summed E-state index contributed by atoms with van der Waals surface area (Å²) >= 11 is 0. The normalized spacial score (nSPS) is 13.9. The van der Waals surface area contributed by atoms with Crippen LogP contribution in [0.15, 0.2) is 34.1 Å². The van der Waals surface area contributed by atoms with E-state index in [1.807, 2.05) is 0 Å². The van der Waals surface area contributed by atoms with Gasteiger partial charge in [0.25, 0.3) is 0 Å². The quantitative estimate of drug-likeness (QED) is 0.628. The molecule has 0 unspecified atom stereocenters. The van der Waals surface area contributed by atoms with Crippen LogP contribution >= 0.6 is 0 Å². The molecular formula is C9H10F4N2O4S2. The number of halogens is 4. The van der Waals surface area contributed by atoms with E-state index in [9.17, 15) is 34.4 Å². The summed E-state index contributed by atoms with van der Waals surface area (Å²) in [5.74, 6) is 0. The average molecular weight is 350 g/mol. The van der Waals surface area contributed by atoms with Crippen molar-refractivity contribution in [2.24, 2.45) is 5.14 Å². The predicted molar refractivity (Wildman–Crippen MR) is 63.7 cm³/mol. The van der Waals surface area contributed by atoms with Crippen molar-refractivity contribution in [1.29, 1.82) is 0 Å². The van der Waals surface area contributed by atoms with Gasteiger partial charge in [-0.1, -0.05) is 12.1 Å². The van der Waals surface area contributed by atoms with E-state index in [4.69, 9.17) is 5.14 Å². The molecule has 0 spiro atoms. The Bertz CT molecular complexity index is 734. The molecule has 0 bridgehead atoms. The van der Waals surface area contributed by atoms with Gasteiger partial charge in [0.15, 0.2) is 0 Å². The Balaban J connectivity index is 3.54. The summed E-state index contributed by atoms with van der Waals surface area (Å²) < 4.78 is 96.3. The minimum absolute atomic E-state index is 0.210. The molecule has 0 amide bonds. The van der Waals surface area contributed by atoms with E-state index in [1.54, 1.807) is 0 Å². The van der Waals surface area contributed by atoms with Gasteiger partial charge >= 0.3 is 12.5 Å². The highest BCUT2D eigenvalue weighted by Gasteiger charge is 2.51. The monoisotopic (exact) mass is 350 g/mol. The Morgan fingerprint density at radius 2 is 1.52 bits per heavy atom. The van der Waals surface area contributed by atoms with Crippen LogP contribution in [0.25, 0.3) is 0 Å². The van der Waals surface area contributed by atoms with E-state index in [-0.39, 0.29) is 7.05 Å². The van der Waals surface area contributed by atoms with Gasteiger partial charge in [0.2, 0.25) is 20.0 Å².